The first-order valence-electron chi connectivity index (χ1n) is 5.04. The number of β-amino-alcohol motifs (C(OH)–C–C–N with tert-alkyl or cyclic N) is 1. The van der Waals surface area contributed by atoms with Gasteiger partial charge in [-0.05, 0) is 19.8 Å². The van der Waals surface area contributed by atoms with Crippen LogP contribution in [0.3, 0.4) is 0 Å². The molecule has 2 atom stereocenters. The Kier molecular flexibility index (Phi) is 4.62. The summed E-state index contributed by atoms with van der Waals surface area (Å²) in [6.07, 6.45) is 4.98. The summed E-state index contributed by atoms with van der Waals surface area (Å²) in [6, 6.07) is -0.212. The van der Waals surface area contributed by atoms with E-state index in [1.54, 1.807) is 0 Å². The van der Waals surface area contributed by atoms with E-state index in [1.165, 1.54) is 0 Å². The van der Waals surface area contributed by atoms with E-state index in [0.717, 1.165) is 6.42 Å². The molecule has 80 valence electrons. The first-order chi connectivity index (χ1) is 6.74. The molecule has 2 unspecified atom stereocenters. The van der Waals surface area contributed by atoms with Crippen LogP contribution in [0.1, 0.15) is 19.8 Å². The van der Waals surface area contributed by atoms with Crippen LogP contribution >= 0.6 is 0 Å². The molecule has 0 radical (unpaired) electrons. The van der Waals surface area contributed by atoms with E-state index in [2.05, 4.69) is 10.6 Å². The molecule has 1 aliphatic rings. The van der Waals surface area contributed by atoms with Crippen molar-refractivity contribution >= 4 is 5.91 Å². The highest BCUT2D eigenvalue weighted by Crippen LogP contribution is 2.05. The largest absolute Gasteiger partial charge is 0.392 e. The van der Waals surface area contributed by atoms with Crippen LogP contribution in [-0.2, 0) is 4.79 Å². The van der Waals surface area contributed by atoms with Crippen molar-refractivity contribution in [3.8, 4) is 0 Å². The van der Waals surface area contributed by atoms with E-state index >= 15 is 0 Å². The number of carbonyl (C=O) groups excluding carboxylic acids is 1. The average Bonchev–Trinajstić information content (AvgIpc) is 2.59. The molecule has 1 aliphatic heterocycles. The van der Waals surface area contributed by atoms with E-state index in [9.17, 15) is 9.90 Å². The van der Waals surface area contributed by atoms with E-state index in [1.807, 2.05) is 19.1 Å². The average molecular weight is 198 g/mol. The summed E-state index contributed by atoms with van der Waals surface area (Å²) in [5, 5.41) is 15.0. The van der Waals surface area contributed by atoms with Crippen LogP contribution in [0.25, 0.3) is 0 Å². The molecule has 0 spiro atoms. The Labute approximate surface area is 84.4 Å². The van der Waals surface area contributed by atoms with Gasteiger partial charge in [-0.1, -0.05) is 12.2 Å². The Balaban J connectivity index is 2.15. The van der Waals surface area contributed by atoms with Crippen molar-refractivity contribution in [1.29, 1.82) is 0 Å². The van der Waals surface area contributed by atoms with Crippen molar-refractivity contribution in [2.24, 2.45) is 0 Å². The Bertz CT molecular complexity index is 216. The summed E-state index contributed by atoms with van der Waals surface area (Å²) in [7, 11) is 0. The zero-order valence-corrected chi connectivity index (χ0v) is 8.49. The molecule has 1 rings (SSSR count). The van der Waals surface area contributed by atoms with Gasteiger partial charge in [-0.25, -0.2) is 0 Å². The Morgan fingerprint density at radius 3 is 3.07 bits per heavy atom. The lowest BCUT2D eigenvalue weighted by Gasteiger charge is -2.09. The molecule has 3 N–H and O–H groups in total. The van der Waals surface area contributed by atoms with Gasteiger partial charge in [0.15, 0.2) is 0 Å². The van der Waals surface area contributed by atoms with Gasteiger partial charge in [0.2, 0.25) is 5.91 Å². The first-order valence-corrected chi connectivity index (χ1v) is 5.04. The van der Waals surface area contributed by atoms with Crippen LogP contribution in [-0.4, -0.2) is 36.2 Å². The number of aliphatic hydroxyl groups excluding tert-OH is 1. The van der Waals surface area contributed by atoms with Gasteiger partial charge in [-0.15, -0.1) is 0 Å². The second-order valence-corrected chi connectivity index (χ2v) is 3.50. The van der Waals surface area contributed by atoms with Crippen molar-refractivity contribution < 1.29 is 9.90 Å². The maximum absolute atomic E-state index is 11.4. The highest BCUT2D eigenvalue weighted by molar-refractivity contribution is 5.82. The number of nitrogens with one attached hydrogen (secondary N) is 2. The van der Waals surface area contributed by atoms with Crippen molar-refractivity contribution in [2.45, 2.75) is 31.9 Å². The van der Waals surface area contributed by atoms with Gasteiger partial charge >= 0.3 is 0 Å². The van der Waals surface area contributed by atoms with Gasteiger partial charge in [-0.3, -0.25) is 4.79 Å². The monoisotopic (exact) mass is 198 g/mol. The number of aliphatic hydroxyl groups is 1. The number of hydrogen-bond acceptors (Lipinski definition) is 3. The zero-order valence-electron chi connectivity index (χ0n) is 8.49. The summed E-state index contributed by atoms with van der Waals surface area (Å²) >= 11 is 0. The second kappa shape index (κ2) is 5.78. The van der Waals surface area contributed by atoms with Crippen molar-refractivity contribution in [1.82, 2.24) is 10.6 Å². The fourth-order valence-electron chi connectivity index (χ4n) is 1.49. The van der Waals surface area contributed by atoms with Crippen molar-refractivity contribution in [2.75, 3.05) is 13.1 Å². The molecule has 1 fully saturated rings. The topological polar surface area (TPSA) is 61.4 Å². The summed E-state index contributed by atoms with van der Waals surface area (Å²) in [4.78, 5) is 11.4. The normalized spacial score (nSPS) is 27.0. The summed E-state index contributed by atoms with van der Waals surface area (Å²) in [6.45, 7) is 3.14. The smallest absolute Gasteiger partial charge is 0.237 e. The highest BCUT2D eigenvalue weighted by atomic mass is 16.3. The molecule has 0 saturated carbocycles. The maximum atomic E-state index is 11.4. The third-order valence-corrected chi connectivity index (χ3v) is 2.27. The standard InChI is InChI=1S/C10H18N2O2/c1-2-3-4-5-11-10(14)9-6-8(13)7-12-9/h2-3,8-9,12-13H,4-7H2,1H3,(H,11,14)/b3-2+. The number of hydrogen-bond donors (Lipinski definition) is 3. The maximum Gasteiger partial charge on any atom is 0.237 e. The predicted octanol–water partition coefficient (Wildman–Crippen LogP) is -0.208. The van der Waals surface area contributed by atoms with Gasteiger partial charge in [0.1, 0.15) is 0 Å². The molecule has 14 heavy (non-hydrogen) atoms. The Morgan fingerprint density at radius 1 is 1.71 bits per heavy atom. The molecule has 0 aromatic rings. The van der Waals surface area contributed by atoms with Crippen molar-refractivity contribution in [3.05, 3.63) is 12.2 Å². The van der Waals surface area contributed by atoms with Gasteiger partial charge in [0, 0.05) is 13.1 Å². The fourth-order valence-corrected chi connectivity index (χ4v) is 1.49. The molecule has 0 aromatic carbocycles. The quantitative estimate of drug-likeness (QED) is 0.433. The first kappa shape index (κ1) is 11.2. The third kappa shape index (κ3) is 3.47. The van der Waals surface area contributed by atoms with E-state index < -0.39 is 0 Å². The lowest BCUT2D eigenvalue weighted by Crippen LogP contribution is -2.40. The molecule has 0 aromatic heterocycles. The molecule has 1 heterocycles. The lowest BCUT2D eigenvalue weighted by atomic mass is 10.2. The van der Waals surface area contributed by atoms with E-state index in [-0.39, 0.29) is 18.1 Å². The van der Waals surface area contributed by atoms with E-state index in [4.69, 9.17) is 0 Å². The van der Waals surface area contributed by atoms with Crippen LogP contribution in [0.5, 0.6) is 0 Å². The Morgan fingerprint density at radius 2 is 2.50 bits per heavy atom. The van der Waals surface area contributed by atoms with E-state index in [0.29, 0.717) is 19.5 Å². The van der Waals surface area contributed by atoms with Crippen LogP contribution in [0.15, 0.2) is 12.2 Å². The minimum absolute atomic E-state index is 0.00828. The van der Waals surface area contributed by atoms with Gasteiger partial charge < -0.3 is 15.7 Å². The molecule has 1 amide bonds. The molecule has 4 nitrogen and oxygen atoms in total. The highest BCUT2D eigenvalue weighted by Gasteiger charge is 2.27. The van der Waals surface area contributed by atoms with Crippen LogP contribution in [0.2, 0.25) is 0 Å². The molecular weight excluding hydrogens is 180 g/mol. The Hall–Kier alpha value is -0.870. The predicted molar refractivity (Wildman–Crippen MR) is 54.9 cm³/mol. The zero-order chi connectivity index (χ0) is 10.4. The lowest BCUT2D eigenvalue weighted by molar-refractivity contribution is -0.122. The molecular formula is C10H18N2O2. The van der Waals surface area contributed by atoms with Crippen molar-refractivity contribution in [3.63, 3.8) is 0 Å². The van der Waals surface area contributed by atoms with Gasteiger partial charge in [0.05, 0.1) is 12.1 Å². The van der Waals surface area contributed by atoms with Gasteiger partial charge in [0.25, 0.3) is 0 Å². The third-order valence-electron chi connectivity index (χ3n) is 2.27. The number of amides is 1. The minimum atomic E-state index is -0.374. The molecule has 0 aliphatic carbocycles. The molecule has 4 heteroatoms. The van der Waals surface area contributed by atoms with Crippen LogP contribution in [0.4, 0.5) is 0 Å². The summed E-state index contributed by atoms with van der Waals surface area (Å²) in [5.41, 5.74) is 0. The fraction of sp³-hybridized carbons (Fsp3) is 0.700. The van der Waals surface area contributed by atoms with Crippen LogP contribution in [0, 0.1) is 0 Å². The minimum Gasteiger partial charge on any atom is -0.392 e. The number of allylic oxidation sites excluding steroid dienone is 1. The number of rotatable bonds is 4. The number of carbonyl (C=O) groups is 1. The summed E-state index contributed by atoms with van der Waals surface area (Å²) in [5.74, 6) is -0.00828. The molecule has 0 bridgehead atoms. The second-order valence-electron chi connectivity index (χ2n) is 3.50. The SMILES string of the molecule is C/C=C/CCNC(=O)C1CC(O)CN1. The van der Waals surface area contributed by atoms with Crippen LogP contribution < -0.4 is 10.6 Å². The molecule has 1 saturated heterocycles. The van der Waals surface area contributed by atoms with Gasteiger partial charge in [-0.2, -0.15) is 0 Å². The summed E-state index contributed by atoms with van der Waals surface area (Å²) < 4.78 is 0.